The van der Waals surface area contributed by atoms with Crippen molar-refractivity contribution < 1.29 is 9.94 Å². The highest BCUT2D eigenvalue weighted by Gasteiger charge is 2.20. The van der Waals surface area contributed by atoms with Gasteiger partial charge >= 0.3 is 0 Å². The van der Waals surface area contributed by atoms with Gasteiger partial charge in [0.2, 0.25) is 5.88 Å². The molecule has 16 heavy (non-hydrogen) atoms. The monoisotopic (exact) mass is 221 g/mol. The van der Waals surface area contributed by atoms with Crippen LogP contribution < -0.4 is 10.5 Å². The molecule has 1 aromatic heterocycles. The summed E-state index contributed by atoms with van der Waals surface area (Å²) in [6.07, 6.45) is 5.30. The summed E-state index contributed by atoms with van der Waals surface area (Å²) < 4.78 is 5.49. The summed E-state index contributed by atoms with van der Waals surface area (Å²) in [5.41, 5.74) is 6.08. The first-order valence-electron chi connectivity index (χ1n) is 5.36. The Bertz CT molecular complexity index is 389. The van der Waals surface area contributed by atoms with Gasteiger partial charge in [-0.05, 0) is 18.4 Å². The predicted octanol–water partition coefficient (Wildman–Crippen LogP) is 1.35. The third-order valence-electron chi connectivity index (χ3n) is 2.61. The highest BCUT2D eigenvalue weighted by molar-refractivity contribution is 5.97. The maximum atomic E-state index is 8.54. The zero-order chi connectivity index (χ0) is 11.4. The number of amidine groups is 1. The second-order valence-corrected chi connectivity index (χ2v) is 3.95. The molecule has 0 amide bonds. The number of aromatic nitrogens is 1. The van der Waals surface area contributed by atoms with Gasteiger partial charge in [-0.15, -0.1) is 0 Å². The van der Waals surface area contributed by atoms with E-state index >= 15 is 0 Å². The number of rotatable bonds is 5. The molecule has 1 aromatic rings. The molecule has 0 atom stereocenters. The Kier molecular flexibility index (Phi) is 3.24. The molecule has 5 heteroatoms. The van der Waals surface area contributed by atoms with Crippen LogP contribution in [-0.2, 0) is 0 Å². The normalized spacial score (nSPS) is 16.1. The van der Waals surface area contributed by atoms with Gasteiger partial charge in [-0.25, -0.2) is 4.98 Å². The van der Waals surface area contributed by atoms with Crippen LogP contribution in [0.2, 0.25) is 0 Å². The standard InChI is InChI=1S/C11H15N3O2/c12-11(14-15)9-3-5-13-10(7-9)16-6-4-8-1-2-8/h3,5,7-8,15H,1-2,4,6H2,(H2,12,14). The van der Waals surface area contributed by atoms with Crippen molar-refractivity contribution in [2.24, 2.45) is 16.8 Å². The second-order valence-electron chi connectivity index (χ2n) is 3.95. The summed E-state index contributed by atoms with van der Waals surface area (Å²) in [7, 11) is 0. The lowest BCUT2D eigenvalue weighted by molar-refractivity contribution is 0.291. The van der Waals surface area contributed by atoms with Gasteiger partial charge in [0.1, 0.15) is 0 Å². The van der Waals surface area contributed by atoms with E-state index in [0.29, 0.717) is 18.1 Å². The van der Waals surface area contributed by atoms with Crippen molar-refractivity contribution in [2.45, 2.75) is 19.3 Å². The Balaban J connectivity index is 1.92. The molecule has 0 aliphatic heterocycles. The molecule has 0 bridgehead atoms. The fourth-order valence-corrected chi connectivity index (χ4v) is 1.44. The number of nitrogens with zero attached hydrogens (tertiary/aromatic N) is 2. The van der Waals surface area contributed by atoms with Crippen LogP contribution in [0.15, 0.2) is 23.5 Å². The molecule has 1 saturated carbocycles. The highest BCUT2D eigenvalue weighted by atomic mass is 16.5. The first kappa shape index (κ1) is 10.7. The van der Waals surface area contributed by atoms with Crippen molar-refractivity contribution in [3.05, 3.63) is 23.9 Å². The molecule has 0 saturated heterocycles. The molecule has 1 aliphatic rings. The van der Waals surface area contributed by atoms with Gasteiger partial charge < -0.3 is 15.7 Å². The molecular weight excluding hydrogens is 206 g/mol. The fourth-order valence-electron chi connectivity index (χ4n) is 1.44. The molecule has 0 spiro atoms. The molecular formula is C11H15N3O2. The average Bonchev–Trinajstić information content (AvgIpc) is 3.12. The first-order valence-corrected chi connectivity index (χ1v) is 5.36. The van der Waals surface area contributed by atoms with Crippen molar-refractivity contribution in [3.8, 4) is 5.88 Å². The number of nitrogens with two attached hydrogens (primary N) is 1. The van der Waals surface area contributed by atoms with Crippen LogP contribution in [0.4, 0.5) is 0 Å². The Morgan fingerprint density at radius 2 is 2.44 bits per heavy atom. The number of hydrogen-bond acceptors (Lipinski definition) is 4. The summed E-state index contributed by atoms with van der Waals surface area (Å²) in [4.78, 5) is 4.06. The van der Waals surface area contributed by atoms with Gasteiger partial charge in [0.15, 0.2) is 5.84 Å². The summed E-state index contributed by atoms with van der Waals surface area (Å²) >= 11 is 0. The third-order valence-corrected chi connectivity index (χ3v) is 2.61. The molecule has 3 N–H and O–H groups in total. The minimum atomic E-state index is 0.0643. The molecule has 0 radical (unpaired) electrons. The van der Waals surface area contributed by atoms with Gasteiger partial charge in [-0.3, -0.25) is 0 Å². The Labute approximate surface area is 93.9 Å². The van der Waals surface area contributed by atoms with E-state index in [-0.39, 0.29) is 5.84 Å². The highest BCUT2D eigenvalue weighted by Crippen LogP contribution is 2.32. The molecule has 86 valence electrons. The Hall–Kier alpha value is -1.78. The number of oxime groups is 1. The van der Waals surface area contributed by atoms with Crippen molar-refractivity contribution in [3.63, 3.8) is 0 Å². The second kappa shape index (κ2) is 4.83. The molecule has 0 unspecified atom stereocenters. The van der Waals surface area contributed by atoms with Gasteiger partial charge in [0.25, 0.3) is 0 Å². The topological polar surface area (TPSA) is 80.7 Å². The van der Waals surface area contributed by atoms with Crippen LogP contribution in [0.1, 0.15) is 24.8 Å². The van der Waals surface area contributed by atoms with E-state index in [4.69, 9.17) is 15.7 Å². The lowest BCUT2D eigenvalue weighted by atomic mass is 10.2. The lowest BCUT2D eigenvalue weighted by Gasteiger charge is -2.05. The van der Waals surface area contributed by atoms with Gasteiger partial charge in [-0.1, -0.05) is 18.0 Å². The van der Waals surface area contributed by atoms with Crippen molar-refractivity contribution in [1.29, 1.82) is 0 Å². The van der Waals surface area contributed by atoms with Gasteiger partial charge in [0, 0.05) is 17.8 Å². The molecule has 1 fully saturated rings. The molecule has 0 aromatic carbocycles. The smallest absolute Gasteiger partial charge is 0.213 e. The Morgan fingerprint density at radius 1 is 1.62 bits per heavy atom. The average molecular weight is 221 g/mol. The summed E-state index contributed by atoms with van der Waals surface area (Å²) in [6, 6.07) is 3.34. The molecule has 2 rings (SSSR count). The van der Waals surface area contributed by atoms with Gasteiger partial charge in [0.05, 0.1) is 6.61 Å². The first-order chi connectivity index (χ1) is 7.79. The minimum absolute atomic E-state index is 0.0643. The summed E-state index contributed by atoms with van der Waals surface area (Å²) in [6.45, 7) is 0.678. The SMILES string of the molecule is N/C(=N/O)c1ccnc(OCCC2CC2)c1. The largest absolute Gasteiger partial charge is 0.478 e. The third kappa shape index (κ3) is 2.85. The molecule has 1 heterocycles. The predicted molar refractivity (Wildman–Crippen MR) is 59.6 cm³/mol. The number of pyridine rings is 1. The fraction of sp³-hybridized carbons (Fsp3) is 0.455. The van der Waals surface area contributed by atoms with E-state index in [1.807, 2.05) is 0 Å². The van der Waals surface area contributed by atoms with E-state index in [2.05, 4.69) is 10.1 Å². The van der Waals surface area contributed by atoms with Crippen molar-refractivity contribution in [1.82, 2.24) is 4.98 Å². The minimum Gasteiger partial charge on any atom is -0.478 e. The van der Waals surface area contributed by atoms with Crippen molar-refractivity contribution in [2.75, 3.05) is 6.61 Å². The maximum absolute atomic E-state index is 8.54. The van der Waals surface area contributed by atoms with E-state index < -0.39 is 0 Å². The Morgan fingerprint density at radius 3 is 3.12 bits per heavy atom. The van der Waals surface area contributed by atoms with Crippen LogP contribution in [0.5, 0.6) is 5.88 Å². The van der Waals surface area contributed by atoms with E-state index in [0.717, 1.165) is 12.3 Å². The zero-order valence-electron chi connectivity index (χ0n) is 8.97. The van der Waals surface area contributed by atoms with Crippen molar-refractivity contribution >= 4 is 5.84 Å². The molecule has 1 aliphatic carbocycles. The zero-order valence-corrected chi connectivity index (χ0v) is 8.97. The van der Waals surface area contributed by atoms with E-state index in [1.165, 1.54) is 12.8 Å². The van der Waals surface area contributed by atoms with Crippen LogP contribution in [0.25, 0.3) is 0 Å². The van der Waals surface area contributed by atoms with Crippen LogP contribution in [0.3, 0.4) is 0 Å². The van der Waals surface area contributed by atoms with E-state index in [1.54, 1.807) is 18.3 Å². The quantitative estimate of drug-likeness (QED) is 0.340. The maximum Gasteiger partial charge on any atom is 0.213 e. The summed E-state index contributed by atoms with van der Waals surface area (Å²) in [5, 5.41) is 11.5. The lowest BCUT2D eigenvalue weighted by Crippen LogP contribution is -2.13. The summed E-state index contributed by atoms with van der Waals surface area (Å²) in [5.74, 6) is 1.42. The van der Waals surface area contributed by atoms with E-state index in [9.17, 15) is 0 Å². The van der Waals surface area contributed by atoms with Crippen LogP contribution in [0, 0.1) is 5.92 Å². The van der Waals surface area contributed by atoms with Crippen LogP contribution >= 0.6 is 0 Å². The molecule has 5 nitrogen and oxygen atoms in total. The number of ether oxygens (including phenoxy) is 1. The van der Waals surface area contributed by atoms with Gasteiger partial charge in [-0.2, -0.15) is 0 Å². The van der Waals surface area contributed by atoms with Crippen LogP contribution in [-0.4, -0.2) is 22.6 Å². The number of hydrogen-bond donors (Lipinski definition) is 2.